The number of rotatable bonds is 1. The van der Waals surface area contributed by atoms with Crippen LogP contribution in [-0.4, -0.2) is 11.1 Å². The van der Waals surface area contributed by atoms with Crippen LogP contribution in [0, 0.1) is 6.92 Å². The van der Waals surface area contributed by atoms with Crippen LogP contribution in [-0.2, 0) is 0 Å². The van der Waals surface area contributed by atoms with Gasteiger partial charge < -0.3 is 10.2 Å². The van der Waals surface area contributed by atoms with Crippen molar-refractivity contribution < 1.29 is 20.0 Å². The first-order chi connectivity index (χ1) is 8.49. The lowest BCUT2D eigenvalue weighted by molar-refractivity contribution is -0.360. The first-order valence-electron chi connectivity index (χ1n) is 5.23. The third-order valence-electron chi connectivity index (χ3n) is 2.06. The molecule has 0 radical (unpaired) electrons. The molecule has 4 N–H and O–H groups in total. The highest BCUT2D eigenvalue weighted by Gasteiger charge is 1.97. The lowest BCUT2D eigenvalue weighted by Crippen LogP contribution is -2.08. The molecule has 1 aromatic heterocycles. The van der Waals surface area contributed by atoms with Crippen LogP contribution in [0.4, 0.5) is 5.82 Å². The van der Waals surface area contributed by atoms with Crippen LogP contribution in [0.2, 0.25) is 0 Å². The monoisotopic (exact) mass is 246 g/mol. The first-order valence-corrected chi connectivity index (χ1v) is 5.23. The number of H-pyrrole nitrogens is 1. The van der Waals surface area contributed by atoms with Gasteiger partial charge in [0.25, 0.3) is 5.82 Å². The van der Waals surface area contributed by atoms with E-state index in [-0.39, 0.29) is 11.3 Å². The van der Waals surface area contributed by atoms with Crippen molar-refractivity contribution in [1.29, 1.82) is 0 Å². The molecule has 0 spiro atoms. The van der Waals surface area contributed by atoms with Crippen molar-refractivity contribution >= 4 is 11.8 Å². The van der Waals surface area contributed by atoms with E-state index >= 15 is 0 Å². The summed E-state index contributed by atoms with van der Waals surface area (Å²) in [6.45, 7) is 2.00. The summed E-state index contributed by atoms with van der Waals surface area (Å²) in [4.78, 5) is 13.1. The Morgan fingerprint density at radius 1 is 1.33 bits per heavy atom. The zero-order valence-corrected chi connectivity index (χ0v) is 9.88. The van der Waals surface area contributed by atoms with Gasteiger partial charge in [-0.25, -0.2) is 9.78 Å². The number of aromatic amines is 1. The van der Waals surface area contributed by atoms with Gasteiger partial charge in [-0.15, -0.1) is 5.75 Å². The van der Waals surface area contributed by atoms with Gasteiger partial charge in [-0.3, -0.25) is 5.73 Å². The summed E-state index contributed by atoms with van der Waals surface area (Å²) < 4.78 is 0. The lowest BCUT2D eigenvalue weighted by atomic mass is 10.2. The van der Waals surface area contributed by atoms with Gasteiger partial charge in [0.1, 0.15) is 0 Å². The number of hydrogen-bond donors (Lipinski definition) is 2. The largest absolute Gasteiger partial charge is 0.872 e. The van der Waals surface area contributed by atoms with E-state index in [0.717, 1.165) is 6.07 Å². The summed E-state index contributed by atoms with van der Waals surface area (Å²) in [6, 6.07) is 9.06. The average Bonchev–Trinajstić information content (AvgIpc) is 2.29. The number of carboxylic acid groups (broad SMARTS) is 1. The number of anilines is 1. The number of nitrogens with two attached hydrogens (primary N) is 1. The van der Waals surface area contributed by atoms with Crippen molar-refractivity contribution in [2.24, 2.45) is 0 Å². The van der Waals surface area contributed by atoms with Gasteiger partial charge >= 0.3 is 5.97 Å². The van der Waals surface area contributed by atoms with E-state index in [0.29, 0.717) is 5.82 Å². The summed E-state index contributed by atoms with van der Waals surface area (Å²) in [5.74, 6) is -0.636. The van der Waals surface area contributed by atoms with Gasteiger partial charge in [0.15, 0.2) is 0 Å². The summed E-state index contributed by atoms with van der Waals surface area (Å²) in [5.41, 5.74) is 6.62. The Morgan fingerprint density at radius 3 is 2.44 bits per heavy atom. The second-order valence-electron chi connectivity index (χ2n) is 3.65. The highest BCUT2D eigenvalue weighted by molar-refractivity contribution is 5.87. The van der Waals surface area contributed by atoms with Crippen LogP contribution in [0.1, 0.15) is 15.9 Å². The molecule has 0 bridgehead atoms. The zero-order valence-electron chi connectivity index (χ0n) is 9.88. The van der Waals surface area contributed by atoms with Gasteiger partial charge in [-0.05, 0) is 24.6 Å². The Kier molecular flexibility index (Phi) is 4.68. The maximum absolute atomic E-state index is 10.5. The Hall–Kier alpha value is -2.56. The molecule has 5 nitrogen and oxygen atoms in total. The van der Waals surface area contributed by atoms with Crippen LogP contribution in [0.15, 0.2) is 42.6 Å². The number of hydrogen-bond acceptors (Lipinski definition) is 3. The smallest absolute Gasteiger partial charge is 0.335 e. The maximum Gasteiger partial charge on any atom is 0.335 e. The van der Waals surface area contributed by atoms with E-state index in [2.05, 4.69) is 4.98 Å². The van der Waals surface area contributed by atoms with Crippen molar-refractivity contribution in [3.63, 3.8) is 0 Å². The van der Waals surface area contributed by atoms with Crippen LogP contribution >= 0.6 is 0 Å². The summed E-state index contributed by atoms with van der Waals surface area (Å²) >= 11 is 0. The van der Waals surface area contributed by atoms with E-state index in [1.165, 1.54) is 23.8 Å². The van der Waals surface area contributed by atoms with Crippen LogP contribution in [0.3, 0.4) is 0 Å². The molecule has 5 heteroatoms. The van der Waals surface area contributed by atoms with Crippen LogP contribution in [0.5, 0.6) is 5.75 Å². The number of pyridine rings is 1. The summed E-state index contributed by atoms with van der Waals surface area (Å²) in [7, 11) is 0. The van der Waals surface area contributed by atoms with Crippen molar-refractivity contribution in [2.45, 2.75) is 6.92 Å². The third kappa shape index (κ3) is 4.52. The second kappa shape index (κ2) is 6.24. The molecule has 18 heavy (non-hydrogen) atoms. The van der Waals surface area contributed by atoms with Crippen molar-refractivity contribution in [2.75, 3.05) is 5.73 Å². The number of benzene rings is 1. The third-order valence-corrected chi connectivity index (χ3v) is 2.06. The molecule has 0 atom stereocenters. The van der Waals surface area contributed by atoms with E-state index in [1.807, 2.05) is 25.3 Å². The minimum absolute atomic E-state index is 0.0347. The maximum atomic E-state index is 10.5. The molecule has 0 aliphatic carbocycles. The fraction of sp³-hybridized carbons (Fsp3) is 0.0769. The van der Waals surface area contributed by atoms with E-state index in [4.69, 9.17) is 10.8 Å². The van der Waals surface area contributed by atoms with Gasteiger partial charge in [0, 0.05) is 6.07 Å². The molecule has 0 saturated carbocycles. The molecule has 2 aromatic rings. The minimum atomic E-state index is -1.07. The lowest BCUT2D eigenvalue weighted by Gasteiger charge is -2.03. The predicted molar refractivity (Wildman–Crippen MR) is 65.0 cm³/mol. The standard InChI is InChI=1S/C7H6O3.C6H8N2/c8-6-3-1-2-5(4-6)7(9)10;1-5-2-3-8-6(7)4-5/h1-4,8H,(H,9,10);2-4H,1H3,(H2,7,8). The first kappa shape index (κ1) is 13.5. The van der Waals surface area contributed by atoms with Gasteiger partial charge in [0.05, 0.1) is 11.8 Å². The van der Waals surface area contributed by atoms with Gasteiger partial charge in [0.2, 0.25) is 0 Å². The van der Waals surface area contributed by atoms with Crippen LogP contribution < -0.4 is 15.8 Å². The van der Waals surface area contributed by atoms with E-state index < -0.39 is 5.97 Å². The fourth-order valence-electron chi connectivity index (χ4n) is 1.23. The summed E-state index contributed by atoms with van der Waals surface area (Å²) in [6.07, 6.45) is 1.82. The van der Waals surface area contributed by atoms with Crippen LogP contribution in [0.25, 0.3) is 0 Å². The Balaban J connectivity index is 0.000000184. The molecule has 0 aliphatic heterocycles. The molecule has 0 amide bonds. The molecule has 2 rings (SSSR count). The topological polar surface area (TPSA) is 101 Å². The summed E-state index contributed by atoms with van der Waals surface area (Å²) in [5, 5.41) is 18.9. The second-order valence-corrected chi connectivity index (χ2v) is 3.65. The highest BCUT2D eigenvalue weighted by atomic mass is 16.4. The minimum Gasteiger partial charge on any atom is -0.872 e. The van der Waals surface area contributed by atoms with Crippen molar-refractivity contribution in [1.82, 2.24) is 0 Å². The number of aromatic nitrogens is 1. The van der Waals surface area contributed by atoms with Gasteiger partial charge in [-0.1, -0.05) is 18.2 Å². The number of carboxylic acids is 1. The SMILES string of the molecule is Cc1cc[nH+]c(N)c1.O=C(O)c1cccc([O-])c1. The molecule has 1 aromatic carbocycles. The highest BCUT2D eigenvalue weighted by Crippen LogP contribution is 2.06. The molecular weight excluding hydrogens is 232 g/mol. The Labute approximate surface area is 105 Å². The molecule has 0 aliphatic rings. The molecule has 0 saturated heterocycles. The van der Waals surface area contributed by atoms with E-state index in [9.17, 15) is 9.90 Å². The number of nitrogens with one attached hydrogen (secondary N) is 1. The number of aromatic carboxylic acids is 1. The molecular formula is C13H14N2O3. The molecule has 0 fully saturated rings. The van der Waals surface area contributed by atoms with Gasteiger partial charge in [-0.2, -0.15) is 0 Å². The van der Waals surface area contributed by atoms with E-state index in [1.54, 1.807) is 0 Å². The zero-order chi connectivity index (χ0) is 13.5. The van der Waals surface area contributed by atoms with Crippen molar-refractivity contribution in [3.8, 4) is 5.75 Å². The molecule has 1 heterocycles. The fourth-order valence-corrected chi connectivity index (χ4v) is 1.23. The normalized spacial score (nSPS) is 9.17. The van der Waals surface area contributed by atoms with Crippen molar-refractivity contribution in [3.05, 3.63) is 53.7 Å². The predicted octanol–water partition coefficient (Wildman–Crippen LogP) is 0.850. The average molecular weight is 246 g/mol. The number of nitrogen functional groups attached to an aromatic ring is 1. The molecule has 94 valence electrons. The molecule has 0 unspecified atom stereocenters. The quantitative estimate of drug-likeness (QED) is 0.778. The Bertz CT molecular complexity index is 524. The number of aryl methyl sites for hydroxylation is 1. The number of carbonyl (C=O) groups is 1. The Morgan fingerprint density at radius 2 is 2.06 bits per heavy atom.